The molecule has 0 aromatic heterocycles. The summed E-state index contributed by atoms with van der Waals surface area (Å²) in [6.07, 6.45) is -4.40. The van der Waals surface area contributed by atoms with Gasteiger partial charge in [-0.05, 0) is 0 Å². The van der Waals surface area contributed by atoms with Crippen molar-refractivity contribution < 1.29 is 22.8 Å². The molecule has 0 radical (unpaired) electrons. The molecule has 0 spiro atoms. The standard InChI is InChI=1S/C11H19F3N4O2.ClH/c1-8(19)16-7-10(20)17-6-9(11(12,13)14)18-4-2-15-3-5-18;/h9,15H,2-7H2,1H3,(H,16,19)(H,17,20);1H. The van der Waals surface area contributed by atoms with E-state index in [0.29, 0.717) is 13.1 Å². The number of hydrogen-bond acceptors (Lipinski definition) is 4. The number of alkyl halides is 3. The molecule has 1 fully saturated rings. The van der Waals surface area contributed by atoms with E-state index < -0.39 is 30.6 Å². The smallest absolute Gasteiger partial charge is 0.353 e. The van der Waals surface area contributed by atoms with Crippen molar-refractivity contribution in [3.8, 4) is 0 Å². The zero-order chi connectivity index (χ0) is 15.2. The lowest BCUT2D eigenvalue weighted by Gasteiger charge is -2.35. The number of hydrogen-bond donors (Lipinski definition) is 3. The zero-order valence-electron chi connectivity index (χ0n) is 11.6. The minimum absolute atomic E-state index is 0. The van der Waals surface area contributed by atoms with Gasteiger partial charge >= 0.3 is 6.18 Å². The highest BCUT2D eigenvalue weighted by atomic mass is 35.5. The Labute approximate surface area is 127 Å². The highest BCUT2D eigenvalue weighted by Gasteiger charge is 2.43. The molecule has 0 aromatic rings. The van der Waals surface area contributed by atoms with E-state index in [2.05, 4.69) is 16.0 Å². The Morgan fingerprint density at radius 3 is 2.29 bits per heavy atom. The molecule has 6 nitrogen and oxygen atoms in total. The molecular weight excluding hydrogens is 313 g/mol. The van der Waals surface area contributed by atoms with Crippen LogP contribution >= 0.6 is 12.4 Å². The molecule has 2 amide bonds. The lowest BCUT2D eigenvalue weighted by Crippen LogP contribution is -2.58. The van der Waals surface area contributed by atoms with E-state index in [1.54, 1.807) is 0 Å². The lowest BCUT2D eigenvalue weighted by molar-refractivity contribution is -0.184. The number of carbonyl (C=O) groups is 2. The summed E-state index contributed by atoms with van der Waals surface area (Å²) in [6.45, 7) is 1.95. The van der Waals surface area contributed by atoms with Gasteiger partial charge in [-0.1, -0.05) is 0 Å². The maximum absolute atomic E-state index is 13.0. The number of carbonyl (C=O) groups excluding carboxylic acids is 2. The molecule has 1 heterocycles. The van der Waals surface area contributed by atoms with Crippen molar-refractivity contribution in [3.63, 3.8) is 0 Å². The van der Waals surface area contributed by atoms with Crippen LogP contribution in [0.5, 0.6) is 0 Å². The van der Waals surface area contributed by atoms with Gasteiger partial charge in [0, 0.05) is 39.6 Å². The monoisotopic (exact) mass is 332 g/mol. The van der Waals surface area contributed by atoms with Crippen LogP contribution in [-0.2, 0) is 9.59 Å². The van der Waals surface area contributed by atoms with E-state index in [4.69, 9.17) is 0 Å². The van der Waals surface area contributed by atoms with Crippen LogP contribution in [0.2, 0.25) is 0 Å². The second-order valence-electron chi connectivity index (χ2n) is 4.56. The van der Waals surface area contributed by atoms with Gasteiger partial charge in [-0.25, -0.2) is 0 Å². The third-order valence-corrected chi connectivity index (χ3v) is 2.96. The first-order valence-corrected chi connectivity index (χ1v) is 6.33. The highest BCUT2D eigenvalue weighted by molar-refractivity contribution is 5.85. The minimum Gasteiger partial charge on any atom is -0.353 e. The quantitative estimate of drug-likeness (QED) is 0.634. The molecule has 1 rings (SSSR count). The van der Waals surface area contributed by atoms with Gasteiger partial charge in [0.1, 0.15) is 6.04 Å². The van der Waals surface area contributed by atoms with E-state index in [1.807, 2.05) is 0 Å². The van der Waals surface area contributed by atoms with Gasteiger partial charge < -0.3 is 16.0 Å². The van der Waals surface area contributed by atoms with Gasteiger partial charge in [0.25, 0.3) is 0 Å². The molecule has 1 atom stereocenters. The van der Waals surface area contributed by atoms with Gasteiger partial charge in [-0.2, -0.15) is 13.2 Å². The molecule has 1 unspecified atom stereocenters. The number of nitrogens with zero attached hydrogens (tertiary/aromatic N) is 1. The van der Waals surface area contributed by atoms with Crippen LogP contribution < -0.4 is 16.0 Å². The van der Waals surface area contributed by atoms with Crippen molar-refractivity contribution in [2.24, 2.45) is 0 Å². The molecule has 1 saturated heterocycles. The first-order chi connectivity index (χ1) is 9.30. The summed E-state index contributed by atoms with van der Waals surface area (Å²) < 4.78 is 39.0. The molecule has 124 valence electrons. The van der Waals surface area contributed by atoms with E-state index in [9.17, 15) is 22.8 Å². The molecule has 0 aliphatic carbocycles. The number of nitrogens with one attached hydrogen (secondary N) is 3. The van der Waals surface area contributed by atoms with Crippen molar-refractivity contribution in [1.29, 1.82) is 0 Å². The fourth-order valence-electron chi connectivity index (χ4n) is 1.92. The summed E-state index contributed by atoms with van der Waals surface area (Å²) in [7, 11) is 0. The van der Waals surface area contributed by atoms with Gasteiger partial charge in [-0.3, -0.25) is 14.5 Å². The Balaban J connectivity index is 0.00000400. The Kier molecular flexibility index (Phi) is 8.60. The van der Waals surface area contributed by atoms with E-state index in [1.165, 1.54) is 11.8 Å². The molecule has 10 heteroatoms. The summed E-state index contributed by atoms with van der Waals surface area (Å²) in [6, 6.07) is -1.70. The van der Waals surface area contributed by atoms with Crippen LogP contribution in [0, 0.1) is 0 Å². The van der Waals surface area contributed by atoms with Crippen LogP contribution in [0.4, 0.5) is 13.2 Å². The SMILES string of the molecule is CC(=O)NCC(=O)NCC(N1CCNCC1)C(F)(F)F.Cl. The summed E-state index contributed by atoms with van der Waals surface area (Å²) in [5, 5.41) is 7.41. The predicted molar refractivity (Wildman–Crippen MR) is 73.2 cm³/mol. The van der Waals surface area contributed by atoms with Crippen molar-refractivity contribution in [3.05, 3.63) is 0 Å². The normalized spacial score (nSPS) is 17.5. The summed E-state index contributed by atoms with van der Waals surface area (Å²) in [5.41, 5.74) is 0. The molecule has 1 aliphatic heterocycles. The topological polar surface area (TPSA) is 73.5 Å². The fourth-order valence-corrected chi connectivity index (χ4v) is 1.92. The summed E-state index contributed by atoms with van der Waals surface area (Å²) in [4.78, 5) is 23.2. The Hall–Kier alpha value is -1.06. The lowest BCUT2D eigenvalue weighted by atomic mass is 10.2. The third kappa shape index (κ3) is 7.49. The van der Waals surface area contributed by atoms with Crippen molar-refractivity contribution >= 4 is 24.2 Å². The average molecular weight is 333 g/mol. The molecule has 0 bridgehead atoms. The second-order valence-corrected chi connectivity index (χ2v) is 4.56. The zero-order valence-corrected chi connectivity index (χ0v) is 12.4. The predicted octanol–water partition coefficient (Wildman–Crippen LogP) is -0.503. The molecule has 21 heavy (non-hydrogen) atoms. The molecule has 0 saturated carbocycles. The summed E-state index contributed by atoms with van der Waals surface area (Å²) >= 11 is 0. The first kappa shape index (κ1) is 19.9. The average Bonchev–Trinajstić information content (AvgIpc) is 2.36. The van der Waals surface area contributed by atoms with E-state index in [0.717, 1.165) is 0 Å². The summed E-state index contributed by atoms with van der Waals surface area (Å²) in [5.74, 6) is -1.04. The van der Waals surface area contributed by atoms with Crippen molar-refractivity contribution in [1.82, 2.24) is 20.9 Å². The van der Waals surface area contributed by atoms with E-state index in [-0.39, 0.29) is 32.0 Å². The van der Waals surface area contributed by atoms with Crippen LogP contribution in [0.15, 0.2) is 0 Å². The number of amides is 2. The number of rotatable bonds is 5. The van der Waals surface area contributed by atoms with Crippen molar-refractivity contribution in [2.75, 3.05) is 39.3 Å². The largest absolute Gasteiger partial charge is 0.405 e. The van der Waals surface area contributed by atoms with Crippen LogP contribution in [-0.4, -0.2) is 68.2 Å². The first-order valence-electron chi connectivity index (χ1n) is 6.33. The van der Waals surface area contributed by atoms with Gasteiger partial charge in [0.2, 0.25) is 11.8 Å². The minimum atomic E-state index is -4.40. The Morgan fingerprint density at radius 2 is 1.81 bits per heavy atom. The molecule has 0 aromatic carbocycles. The van der Waals surface area contributed by atoms with Crippen molar-refractivity contribution in [2.45, 2.75) is 19.1 Å². The maximum Gasteiger partial charge on any atom is 0.405 e. The molecular formula is C11H20ClF3N4O2. The number of halogens is 4. The Bertz CT molecular complexity index is 349. The maximum atomic E-state index is 13.0. The Morgan fingerprint density at radius 1 is 1.24 bits per heavy atom. The second kappa shape index (κ2) is 9.06. The van der Waals surface area contributed by atoms with E-state index >= 15 is 0 Å². The van der Waals surface area contributed by atoms with Crippen LogP contribution in [0.1, 0.15) is 6.92 Å². The highest BCUT2D eigenvalue weighted by Crippen LogP contribution is 2.24. The van der Waals surface area contributed by atoms with Crippen LogP contribution in [0.25, 0.3) is 0 Å². The van der Waals surface area contributed by atoms with Gasteiger partial charge in [0.15, 0.2) is 0 Å². The van der Waals surface area contributed by atoms with Crippen LogP contribution in [0.3, 0.4) is 0 Å². The fraction of sp³-hybridized carbons (Fsp3) is 0.818. The van der Waals surface area contributed by atoms with Gasteiger partial charge in [0.05, 0.1) is 6.54 Å². The molecule has 3 N–H and O–H groups in total. The molecule has 1 aliphatic rings. The number of piperazine rings is 1. The third-order valence-electron chi connectivity index (χ3n) is 2.96. The van der Waals surface area contributed by atoms with Gasteiger partial charge in [-0.15, -0.1) is 12.4 Å².